The van der Waals surface area contributed by atoms with Gasteiger partial charge < -0.3 is 14.5 Å². The van der Waals surface area contributed by atoms with Crippen molar-refractivity contribution in [2.75, 3.05) is 32.8 Å². The molecule has 0 spiro atoms. The van der Waals surface area contributed by atoms with Gasteiger partial charge in [0.25, 0.3) is 5.91 Å². The van der Waals surface area contributed by atoms with E-state index in [2.05, 4.69) is 18.7 Å². The second-order valence-corrected chi connectivity index (χ2v) is 7.27. The Hall–Kier alpha value is -2.01. The summed E-state index contributed by atoms with van der Waals surface area (Å²) < 4.78 is 6.03. The number of rotatable bonds is 9. The van der Waals surface area contributed by atoms with Gasteiger partial charge in [0, 0.05) is 23.7 Å². The maximum Gasteiger partial charge on any atom is 0.289 e. The average Bonchev–Trinajstić information content (AvgIpc) is 3.03. The number of ether oxygens (including phenoxy) is 1. The molecule has 0 N–H and O–H groups in total. The molecule has 1 heterocycles. The van der Waals surface area contributed by atoms with Crippen LogP contribution in [-0.2, 0) is 16.1 Å². The van der Waals surface area contributed by atoms with E-state index >= 15 is 0 Å². The Bertz CT molecular complexity index is 819. The van der Waals surface area contributed by atoms with Crippen molar-refractivity contribution in [2.24, 2.45) is 0 Å². The van der Waals surface area contributed by atoms with Gasteiger partial charge in [-0.2, -0.15) is 0 Å². The minimum Gasteiger partial charge on any atom is -0.486 e. The highest BCUT2D eigenvalue weighted by atomic mass is 35.5. The van der Waals surface area contributed by atoms with Gasteiger partial charge in [-0.15, -0.1) is 12.4 Å². The first kappa shape index (κ1) is 23.3. The summed E-state index contributed by atoms with van der Waals surface area (Å²) >= 11 is 5.98. The van der Waals surface area contributed by atoms with Crippen molar-refractivity contribution in [1.82, 2.24) is 9.80 Å². The van der Waals surface area contributed by atoms with Gasteiger partial charge in [-0.3, -0.25) is 4.79 Å². The topological polar surface area (TPSA) is 32.8 Å². The van der Waals surface area contributed by atoms with Crippen LogP contribution in [0.15, 0.2) is 60.4 Å². The van der Waals surface area contributed by atoms with E-state index in [1.165, 1.54) is 0 Å². The summed E-state index contributed by atoms with van der Waals surface area (Å²) in [5.74, 6) is 0.431. The van der Waals surface area contributed by atoms with E-state index in [-0.39, 0.29) is 18.3 Å². The van der Waals surface area contributed by atoms with Gasteiger partial charge in [0.15, 0.2) is 5.76 Å². The molecule has 0 saturated carbocycles. The third-order valence-corrected chi connectivity index (χ3v) is 5.31. The Balaban J connectivity index is 0.00000300. The molecular formula is C23H28Cl2N2O2. The lowest BCUT2D eigenvalue weighted by Crippen LogP contribution is -2.29. The predicted octanol–water partition coefficient (Wildman–Crippen LogP) is 4.87. The van der Waals surface area contributed by atoms with Crippen LogP contribution in [0.5, 0.6) is 0 Å². The van der Waals surface area contributed by atoms with E-state index in [0.29, 0.717) is 30.5 Å². The van der Waals surface area contributed by atoms with E-state index in [0.717, 1.165) is 36.3 Å². The molecule has 2 aromatic rings. The lowest BCUT2D eigenvalue weighted by molar-refractivity contribution is -0.129. The molecule has 2 aromatic carbocycles. The van der Waals surface area contributed by atoms with Gasteiger partial charge in [0.1, 0.15) is 6.61 Å². The van der Waals surface area contributed by atoms with Gasteiger partial charge >= 0.3 is 0 Å². The minimum absolute atomic E-state index is 0. The summed E-state index contributed by atoms with van der Waals surface area (Å²) in [6.45, 7) is 8.61. The first-order chi connectivity index (χ1) is 13.6. The molecule has 29 heavy (non-hydrogen) atoms. The Morgan fingerprint density at radius 3 is 2.31 bits per heavy atom. The van der Waals surface area contributed by atoms with Gasteiger partial charge in [-0.1, -0.05) is 67.9 Å². The van der Waals surface area contributed by atoms with Crippen molar-refractivity contribution >= 4 is 35.5 Å². The molecule has 1 aliphatic rings. The number of likely N-dealkylation sites (N-methyl/N-ethyl adjacent to an activating group) is 1. The molecule has 1 amide bonds. The molecule has 0 aliphatic carbocycles. The molecular weight excluding hydrogens is 407 g/mol. The molecule has 0 atom stereocenters. The first-order valence-corrected chi connectivity index (χ1v) is 10.2. The second kappa shape index (κ2) is 11.2. The van der Waals surface area contributed by atoms with Crippen molar-refractivity contribution in [3.8, 4) is 0 Å². The molecule has 3 rings (SSSR count). The predicted molar refractivity (Wildman–Crippen MR) is 121 cm³/mol. The number of amides is 1. The van der Waals surface area contributed by atoms with E-state index < -0.39 is 0 Å². The number of carbonyl (C=O) groups excluding carboxylic acids is 1. The van der Waals surface area contributed by atoms with Crippen molar-refractivity contribution in [3.63, 3.8) is 0 Å². The number of nitrogens with zero attached hydrogens (tertiary/aromatic N) is 2. The number of hydrogen-bond acceptors (Lipinski definition) is 3. The smallest absolute Gasteiger partial charge is 0.289 e. The lowest BCUT2D eigenvalue weighted by atomic mass is 10.1. The molecule has 0 saturated heterocycles. The van der Waals surface area contributed by atoms with Crippen LogP contribution >= 0.6 is 24.0 Å². The quantitative estimate of drug-likeness (QED) is 0.563. The summed E-state index contributed by atoms with van der Waals surface area (Å²) in [7, 11) is 0. The van der Waals surface area contributed by atoms with Crippen molar-refractivity contribution in [1.29, 1.82) is 0 Å². The third kappa shape index (κ3) is 5.99. The van der Waals surface area contributed by atoms with Crippen molar-refractivity contribution < 1.29 is 9.53 Å². The van der Waals surface area contributed by atoms with Gasteiger partial charge in [0.2, 0.25) is 0 Å². The molecule has 0 aromatic heterocycles. The number of carbonyl (C=O) groups is 1. The maximum absolute atomic E-state index is 13.1. The number of hydrogen-bond donors (Lipinski definition) is 0. The van der Waals surface area contributed by atoms with E-state index in [1.807, 2.05) is 59.5 Å². The van der Waals surface area contributed by atoms with E-state index in [4.69, 9.17) is 16.3 Å². The maximum atomic E-state index is 13.1. The summed E-state index contributed by atoms with van der Waals surface area (Å²) in [5, 5.41) is 0.694. The van der Waals surface area contributed by atoms with Crippen LogP contribution in [-0.4, -0.2) is 48.5 Å². The normalized spacial score (nSPS) is 13.8. The number of benzene rings is 2. The lowest BCUT2D eigenvalue weighted by Gasteiger charge is -2.19. The molecule has 0 fully saturated rings. The largest absolute Gasteiger partial charge is 0.486 e. The Morgan fingerprint density at radius 1 is 1.03 bits per heavy atom. The molecule has 0 radical (unpaired) electrons. The number of halogens is 2. The zero-order valence-corrected chi connectivity index (χ0v) is 18.5. The Kier molecular flexibility index (Phi) is 9.02. The second-order valence-electron chi connectivity index (χ2n) is 6.84. The average molecular weight is 435 g/mol. The van der Waals surface area contributed by atoms with Crippen molar-refractivity contribution in [3.05, 3.63) is 76.5 Å². The van der Waals surface area contributed by atoms with Gasteiger partial charge in [-0.05, 0) is 36.3 Å². The summed E-state index contributed by atoms with van der Waals surface area (Å²) in [6, 6.07) is 17.6. The fraction of sp³-hybridized carbons (Fsp3) is 0.348. The molecule has 156 valence electrons. The molecule has 0 bridgehead atoms. The van der Waals surface area contributed by atoms with Gasteiger partial charge in [-0.25, -0.2) is 0 Å². The summed E-state index contributed by atoms with van der Waals surface area (Å²) in [6.07, 6.45) is 0. The Morgan fingerprint density at radius 2 is 1.69 bits per heavy atom. The van der Waals surface area contributed by atoms with E-state index in [1.54, 1.807) is 0 Å². The van der Waals surface area contributed by atoms with Crippen LogP contribution in [0.2, 0.25) is 5.02 Å². The molecule has 0 unspecified atom stereocenters. The highest BCUT2D eigenvalue weighted by molar-refractivity contribution is 6.30. The van der Waals surface area contributed by atoms with Crippen LogP contribution in [0.1, 0.15) is 25.0 Å². The zero-order valence-electron chi connectivity index (χ0n) is 16.9. The highest BCUT2D eigenvalue weighted by Crippen LogP contribution is 2.30. The molecule has 4 nitrogen and oxygen atoms in total. The van der Waals surface area contributed by atoms with Gasteiger partial charge in [0.05, 0.1) is 6.54 Å². The SMILES string of the molecule is CCN(CC)CCOC1=C(c2ccccc2)CN(Cc2ccc(Cl)cc2)C1=O.Cl. The fourth-order valence-electron chi connectivity index (χ4n) is 3.37. The first-order valence-electron chi connectivity index (χ1n) is 9.79. The molecule has 1 aliphatic heterocycles. The van der Waals surface area contributed by atoms with Crippen LogP contribution in [0, 0.1) is 0 Å². The van der Waals surface area contributed by atoms with Crippen LogP contribution in [0.4, 0.5) is 0 Å². The Labute approximate surface area is 184 Å². The third-order valence-electron chi connectivity index (χ3n) is 5.06. The highest BCUT2D eigenvalue weighted by Gasteiger charge is 2.32. The summed E-state index contributed by atoms with van der Waals surface area (Å²) in [5.41, 5.74) is 3.04. The zero-order chi connectivity index (χ0) is 19.9. The van der Waals surface area contributed by atoms with Crippen LogP contribution in [0.25, 0.3) is 5.57 Å². The van der Waals surface area contributed by atoms with E-state index in [9.17, 15) is 4.79 Å². The summed E-state index contributed by atoms with van der Waals surface area (Å²) in [4.78, 5) is 17.2. The monoisotopic (exact) mass is 434 g/mol. The van der Waals surface area contributed by atoms with Crippen LogP contribution in [0.3, 0.4) is 0 Å². The van der Waals surface area contributed by atoms with Crippen molar-refractivity contribution in [2.45, 2.75) is 20.4 Å². The standard InChI is InChI=1S/C23H27ClN2O2.ClH/c1-3-25(4-2)14-15-28-22-21(19-8-6-5-7-9-19)17-26(23(22)27)16-18-10-12-20(24)13-11-18;/h5-13H,3-4,14-17H2,1-2H3;1H. The fourth-order valence-corrected chi connectivity index (χ4v) is 3.50. The minimum atomic E-state index is -0.0478. The van der Waals surface area contributed by atoms with Crippen LogP contribution < -0.4 is 0 Å². The molecule has 6 heteroatoms.